The molecule has 2 aromatic rings. The lowest BCUT2D eigenvalue weighted by molar-refractivity contribution is 0.291. The fraction of sp³-hybridized carbons (Fsp3) is 0.357. The smallest absolute Gasteiger partial charge is 0.321 e. The number of hydrogen-bond acceptors (Lipinski definition) is 4. The van der Waals surface area contributed by atoms with Gasteiger partial charge >= 0.3 is 6.01 Å². The average molecular weight is 278 g/mol. The molecule has 100 valence electrons. The van der Waals surface area contributed by atoms with E-state index in [-0.39, 0.29) is 11.3 Å². The second kappa shape index (κ2) is 6.48. The van der Waals surface area contributed by atoms with Crippen molar-refractivity contribution in [2.45, 2.75) is 26.7 Å². The molecule has 1 heterocycles. The minimum absolute atomic E-state index is 0.149. The molecule has 0 spiro atoms. The maximum atomic E-state index is 5.90. The number of ether oxygens (including phenoxy) is 1. The Kier molecular flexibility index (Phi) is 4.68. The average Bonchev–Trinajstić information content (AvgIpc) is 2.44. The van der Waals surface area contributed by atoms with Crippen molar-refractivity contribution in [2.75, 3.05) is 6.61 Å². The first-order chi connectivity index (χ1) is 9.22. The molecule has 0 saturated carbocycles. The van der Waals surface area contributed by atoms with Gasteiger partial charge in [-0.2, -0.15) is 15.0 Å². The van der Waals surface area contributed by atoms with Gasteiger partial charge in [-0.3, -0.25) is 0 Å². The third kappa shape index (κ3) is 3.64. The van der Waals surface area contributed by atoms with Crippen molar-refractivity contribution < 1.29 is 4.74 Å². The predicted octanol–water partition coefficient (Wildman–Crippen LogP) is 3.54. The molecule has 0 radical (unpaired) electrons. The highest BCUT2D eigenvalue weighted by molar-refractivity contribution is 6.28. The van der Waals surface area contributed by atoms with Gasteiger partial charge < -0.3 is 4.74 Å². The van der Waals surface area contributed by atoms with Crippen LogP contribution in [0.2, 0.25) is 5.28 Å². The first-order valence-electron chi connectivity index (χ1n) is 6.36. The van der Waals surface area contributed by atoms with Gasteiger partial charge in [-0.25, -0.2) is 0 Å². The molecule has 0 aliphatic heterocycles. The fourth-order valence-electron chi connectivity index (χ4n) is 1.61. The number of aryl methyl sites for hydroxylation is 1. The first-order valence-corrected chi connectivity index (χ1v) is 6.74. The molecular formula is C14H16ClN3O. The predicted molar refractivity (Wildman–Crippen MR) is 75.4 cm³/mol. The summed E-state index contributed by atoms with van der Waals surface area (Å²) in [6.45, 7) is 4.70. The molecule has 1 aromatic heterocycles. The summed E-state index contributed by atoms with van der Waals surface area (Å²) in [4.78, 5) is 12.4. The van der Waals surface area contributed by atoms with E-state index < -0.39 is 0 Å². The van der Waals surface area contributed by atoms with Gasteiger partial charge in [0.05, 0.1) is 6.61 Å². The van der Waals surface area contributed by atoms with Crippen LogP contribution in [0, 0.1) is 0 Å². The van der Waals surface area contributed by atoms with Gasteiger partial charge in [-0.1, -0.05) is 38.1 Å². The zero-order valence-electron chi connectivity index (χ0n) is 11.1. The molecule has 0 aliphatic rings. The van der Waals surface area contributed by atoms with Crippen molar-refractivity contribution in [3.63, 3.8) is 0 Å². The van der Waals surface area contributed by atoms with Gasteiger partial charge in [-0.05, 0) is 30.0 Å². The quantitative estimate of drug-likeness (QED) is 0.839. The van der Waals surface area contributed by atoms with Crippen LogP contribution < -0.4 is 4.74 Å². The summed E-state index contributed by atoms with van der Waals surface area (Å²) in [5, 5.41) is 0.149. The molecule has 2 rings (SSSR count). The van der Waals surface area contributed by atoms with Crippen LogP contribution in [0.3, 0.4) is 0 Å². The van der Waals surface area contributed by atoms with Crippen molar-refractivity contribution in [2.24, 2.45) is 0 Å². The molecule has 0 unspecified atom stereocenters. The number of benzene rings is 1. The minimum Gasteiger partial charge on any atom is -0.463 e. The van der Waals surface area contributed by atoms with Crippen molar-refractivity contribution in [3.05, 3.63) is 35.1 Å². The highest BCUT2D eigenvalue weighted by Gasteiger charge is 2.08. The number of hydrogen-bond donors (Lipinski definition) is 0. The van der Waals surface area contributed by atoms with Crippen LogP contribution in [0.1, 0.15) is 25.8 Å². The normalized spacial score (nSPS) is 10.5. The highest BCUT2D eigenvalue weighted by atomic mass is 35.5. The van der Waals surface area contributed by atoms with Crippen molar-refractivity contribution in [1.82, 2.24) is 15.0 Å². The van der Waals surface area contributed by atoms with Crippen LogP contribution in [0.4, 0.5) is 0 Å². The largest absolute Gasteiger partial charge is 0.463 e. The van der Waals surface area contributed by atoms with E-state index in [1.54, 1.807) is 0 Å². The Hall–Kier alpha value is -1.68. The molecule has 19 heavy (non-hydrogen) atoms. The summed E-state index contributed by atoms with van der Waals surface area (Å²) < 4.78 is 5.40. The molecule has 0 amide bonds. The Bertz CT molecular complexity index is 543. The number of rotatable bonds is 5. The van der Waals surface area contributed by atoms with Crippen molar-refractivity contribution >= 4 is 11.6 Å². The molecular weight excluding hydrogens is 262 g/mol. The molecule has 0 saturated heterocycles. The van der Waals surface area contributed by atoms with E-state index in [0.717, 1.165) is 18.4 Å². The first kappa shape index (κ1) is 13.7. The number of nitrogens with zero attached hydrogens (tertiary/aromatic N) is 3. The van der Waals surface area contributed by atoms with Crippen molar-refractivity contribution in [3.8, 4) is 17.4 Å². The Morgan fingerprint density at radius 1 is 1.05 bits per heavy atom. The van der Waals surface area contributed by atoms with Crippen LogP contribution in [-0.4, -0.2) is 21.6 Å². The molecule has 4 nitrogen and oxygen atoms in total. The van der Waals surface area contributed by atoms with Gasteiger partial charge in [0.15, 0.2) is 5.82 Å². The van der Waals surface area contributed by atoms with Gasteiger partial charge in [0, 0.05) is 5.56 Å². The Balaban J connectivity index is 2.29. The van der Waals surface area contributed by atoms with E-state index >= 15 is 0 Å². The lowest BCUT2D eigenvalue weighted by Crippen LogP contribution is -2.02. The van der Waals surface area contributed by atoms with Crippen molar-refractivity contribution in [1.29, 1.82) is 0 Å². The van der Waals surface area contributed by atoms with Gasteiger partial charge in [-0.15, -0.1) is 0 Å². The zero-order chi connectivity index (χ0) is 13.7. The molecule has 0 N–H and O–H groups in total. The molecule has 0 atom stereocenters. The molecule has 0 aliphatic carbocycles. The monoisotopic (exact) mass is 277 g/mol. The Labute approximate surface area is 117 Å². The topological polar surface area (TPSA) is 47.9 Å². The standard InChI is InChI=1S/C14H16ClN3O/c1-3-9-19-14-17-12(16-13(15)18-14)11-7-5-10(4-2)6-8-11/h5-8H,3-4,9H2,1-2H3. The van der Waals surface area contributed by atoms with Gasteiger partial charge in [0.25, 0.3) is 0 Å². The third-order valence-electron chi connectivity index (χ3n) is 2.64. The Morgan fingerprint density at radius 2 is 1.79 bits per heavy atom. The van der Waals surface area contributed by atoms with Gasteiger partial charge in [0.2, 0.25) is 5.28 Å². The number of aromatic nitrogens is 3. The van der Waals surface area contributed by atoms with E-state index in [2.05, 4.69) is 34.0 Å². The summed E-state index contributed by atoms with van der Waals surface area (Å²) in [6.07, 6.45) is 1.90. The zero-order valence-corrected chi connectivity index (χ0v) is 11.8. The maximum Gasteiger partial charge on any atom is 0.321 e. The van der Waals surface area contributed by atoms with Crippen LogP contribution in [0.25, 0.3) is 11.4 Å². The summed E-state index contributed by atoms with van der Waals surface area (Å²) >= 11 is 5.90. The van der Waals surface area contributed by atoms with E-state index in [0.29, 0.717) is 12.4 Å². The maximum absolute atomic E-state index is 5.90. The van der Waals surface area contributed by atoms with E-state index in [4.69, 9.17) is 16.3 Å². The van der Waals surface area contributed by atoms with E-state index in [9.17, 15) is 0 Å². The SMILES string of the molecule is CCCOc1nc(Cl)nc(-c2ccc(CC)cc2)n1. The van der Waals surface area contributed by atoms with Gasteiger partial charge in [0.1, 0.15) is 0 Å². The minimum atomic E-state index is 0.149. The lowest BCUT2D eigenvalue weighted by Gasteiger charge is -2.05. The van der Waals surface area contributed by atoms with E-state index in [1.165, 1.54) is 5.56 Å². The van der Waals surface area contributed by atoms with Crippen LogP contribution in [-0.2, 0) is 6.42 Å². The second-order valence-electron chi connectivity index (χ2n) is 4.11. The molecule has 0 fully saturated rings. The number of halogens is 1. The van der Waals surface area contributed by atoms with Crippen LogP contribution in [0.15, 0.2) is 24.3 Å². The van der Waals surface area contributed by atoms with Crippen LogP contribution in [0.5, 0.6) is 6.01 Å². The molecule has 1 aromatic carbocycles. The molecule has 0 bridgehead atoms. The summed E-state index contributed by atoms with van der Waals surface area (Å²) in [6, 6.07) is 8.35. The fourth-order valence-corrected chi connectivity index (χ4v) is 1.76. The van der Waals surface area contributed by atoms with E-state index in [1.807, 2.05) is 19.1 Å². The Morgan fingerprint density at radius 3 is 2.42 bits per heavy atom. The molecule has 5 heteroatoms. The van der Waals surface area contributed by atoms with Crippen LogP contribution >= 0.6 is 11.6 Å². The third-order valence-corrected chi connectivity index (χ3v) is 2.81. The lowest BCUT2D eigenvalue weighted by atomic mass is 10.1. The summed E-state index contributed by atoms with van der Waals surface area (Å²) in [7, 11) is 0. The highest BCUT2D eigenvalue weighted by Crippen LogP contribution is 2.19. The second-order valence-corrected chi connectivity index (χ2v) is 4.45. The summed E-state index contributed by atoms with van der Waals surface area (Å²) in [5.74, 6) is 0.536. The summed E-state index contributed by atoms with van der Waals surface area (Å²) in [5.41, 5.74) is 2.18.